The van der Waals surface area contributed by atoms with E-state index in [-0.39, 0.29) is 0 Å². The fourth-order valence-corrected chi connectivity index (χ4v) is 13.9. The van der Waals surface area contributed by atoms with Gasteiger partial charge in [-0.25, -0.2) is 29.9 Å². The van der Waals surface area contributed by atoms with Crippen LogP contribution in [0.2, 0.25) is 0 Å². The Morgan fingerprint density at radius 2 is 0.407 bits per heavy atom. The molecule has 16 aromatic rings. The van der Waals surface area contributed by atoms with Gasteiger partial charge in [0.2, 0.25) is 0 Å². The Labute approximate surface area is 504 Å². The number of rotatable bonds is 11. The van der Waals surface area contributed by atoms with Gasteiger partial charge in [0.05, 0.1) is 0 Å². The molecule has 8 heteroatoms. The van der Waals surface area contributed by atoms with Gasteiger partial charge >= 0.3 is 0 Å². The standard InChI is InChI=1S/C78H48N6S2/c1-5-17-49(18-6-1)55-25-15-26-56(41-55)57-27-16-28-59(42-57)75-79-73(53-21-9-3-10-22-53)80-76(83-75)61-37-40-68-67-38-35-58(46-70(67)86-72(68)48-61)51-31-33-52(34-32-51)63-43-62(50-19-7-2-8-20-50)44-64(45-63)78-82-74(54-23-11-4-12-24-54)81-77(84-78)60-36-39-66-65-29-13-14-30-69(65)85-71(66)47-60/h1-48H. The van der Waals surface area contributed by atoms with Gasteiger partial charge < -0.3 is 0 Å². The first-order valence-electron chi connectivity index (χ1n) is 28.6. The van der Waals surface area contributed by atoms with Gasteiger partial charge in [0.15, 0.2) is 34.9 Å². The van der Waals surface area contributed by atoms with Gasteiger partial charge in [0.1, 0.15) is 0 Å². The summed E-state index contributed by atoms with van der Waals surface area (Å²) in [7, 11) is 0. The van der Waals surface area contributed by atoms with Crippen molar-refractivity contribution >= 4 is 63.0 Å². The van der Waals surface area contributed by atoms with Crippen molar-refractivity contribution in [3.05, 3.63) is 291 Å². The molecule has 0 aliphatic carbocycles. The normalized spacial score (nSPS) is 11.5. The van der Waals surface area contributed by atoms with Crippen LogP contribution in [-0.4, -0.2) is 29.9 Å². The summed E-state index contributed by atoms with van der Waals surface area (Å²) < 4.78 is 4.84. The van der Waals surface area contributed by atoms with Crippen LogP contribution in [0.5, 0.6) is 0 Å². The molecule has 0 saturated carbocycles. The Balaban J connectivity index is 0.730. The minimum atomic E-state index is 0.614. The van der Waals surface area contributed by atoms with Crippen molar-refractivity contribution < 1.29 is 0 Å². The van der Waals surface area contributed by atoms with E-state index in [1.807, 2.05) is 42.5 Å². The van der Waals surface area contributed by atoms with Gasteiger partial charge in [-0.1, -0.05) is 237 Å². The van der Waals surface area contributed by atoms with Crippen molar-refractivity contribution in [3.63, 3.8) is 0 Å². The molecule has 0 atom stereocenters. The first-order chi connectivity index (χ1) is 42.5. The third kappa shape index (κ3) is 9.78. The average molecular weight is 1130 g/mol. The number of hydrogen-bond acceptors (Lipinski definition) is 8. The van der Waals surface area contributed by atoms with Crippen LogP contribution < -0.4 is 0 Å². The van der Waals surface area contributed by atoms with Gasteiger partial charge in [0, 0.05) is 73.7 Å². The molecule has 4 aromatic heterocycles. The highest BCUT2D eigenvalue weighted by Crippen LogP contribution is 2.41. The zero-order chi connectivity index (χ0) is 56.9. The summed E-state index contributed by atoms with van der Waals surface area (Å²) in [4.78, 5) is 31.0. The minimum absolute atomic E-state index is 0.614. The molecule has 6 nitrogen and oxygen atoms in total. The van der Waals surface area contributed by atoms with E-state index in [1.165, 1.54) is 51.5 Å². The molecular formula is C78H48N6S2. The van der Waals surface area contributed by atoms with Crippen LogP contribution in [0.3, 0.4) is 0 Å². The summed E-state index contributed by atoms with van der Waals surface area (Å²) in [5.41, 5.74) is 16.8. The van der Waals surface area contributed by atoms with Gasteiger partial charge in [-0.15, -0.1) is 22.7 Å². The van der Waals surface area contributed by atoms with E-state index in [0.29, 0.717) is 34.9 Å². The summed E-state index contributed by atoms with van der Waals surface area (Å²) in [6.45, 7) is 0. The van der Waals surface area contributed by atoms with E-state index in [1.54, 1.807) is 22.7 Å². The van der Waals surface area contributed by atoms with Crippen molar-refractivity contribution in [2.45, 2.75) is 0 Å². The summed E-state index contributed by atoms with van der Waals surface area (Å²) in [5.74, 6) is 3.76. The van der Waals surface area contributed by atoms with Gasteiger partial charge in [-0.3, -0.25) is 0 Å². The lowest BCUT2D eigenvalue weighted by Crippen LogP contribution is -2.00. The van der Waals surface area contributed by atoms with E-state index < -0.39 is 0 Å². The van der Waals surface area contributed by atoms with E-state index in [0.717, 1.165) is 77.9 Å². The summed E-state index contributed by atoms with van der Waals surface area (Å²) in [6, 6.07) is 103. The quantitative estimate of drug-likeness (QED) is 0.128. The molecule has 402 valence electrons. The maximum absolute atomic E-state index is 5.27. The summed E-state index contributed by atoms with van der Waals surface area (Å²) in [6.07, 6.45) is 0. The fourth-order valence-electron chi connectivity index (χ4n) is 11.6. The van der Waals surface area contributed by atoms with Crippen LogP contribution in [0.4, 0.5) is 0 Å². The highest BCUT2D eigenvalue weighted by Gasteiger charge is 2.19. The lowest BCUT2D eigenvalue weighted by Gasteiger charge is -2.13. The molecule has 0 aliphatic rings. The number of benzene rings is 12. The Morgan fingerprint density at radius 3 is 0.907 bits per heavy atom. The van der Waals surface area contributed by atoms with Crippen LogP contribution in [0.15, 0.2) is 291 Å². The van der Waals surface area contributed by atoms with Crippen LogP contribution >= 0.6 is 22.7 Å². The van der Waals surface area contributed by atoms with E-state index in [4.69, 9.17) is 29.9 Å². The number of fused-ring (bicyclic) bond motifs is 6. The molecule has 0 radical (unpaired) electrons. The molecule has 0 N–H and O–H groups in total. The highest BCUT2D eigenvalue weighted by atomic mass is 32.1. The molecule has 0 saturated heterocycles. The Kier molecular flexibility index (Phi) is 12.8. The summed E-state index contributed by atoms with van der Waals surface area (Å²) in [5, 5.41) is 4.91. The van der Waals surface area contributed by atoms with Crippen LogP contribution in [0.1, 0.15) is 0 Å². The maximum atomic E-state index is 5.27. The summed E-state index contributed by atoms with van der Waals surface area (Å²) >= 11 is 3.59. The van der Waals surface area contributed by atoms with Crippen molar-refractivity contribution in [1.29, 1.82) is 0 Å². The molecule has 0 fully saturated rings. The maximum Gasteiger partial charge on any atom is 0.164 e. The van der Waals surface area contributed by atoms with E-state index in [2.05, 4.69) is 249 Å². The van der Waals surface area contributed by atoms with E-state index >= 15 is 0 Å². The monoisotopic (exact) mass is 1130 g/mol. The van der Waals surface area contributed by atoms with Gasteiger partial charge in [0.25, 0.3) is 0 Å². The number of thiophene rings is 2. The van der Waals surface area contributed by atoms with Gasteiger partial charge in [-0.05, 0) is 110 Å². The average Bonchev–Trinajstić information content (AvgIpc) is 2.74. The van der Waals surface area contributed by atoms with Crippen molar-refractivity contribution in [3.8, 4) is 124 Å². The molecule has 86 heavy (non-hydrogen) atoms. The van der Waals surface area contributed by atoms with E-state index in [9.17, 15) is 0 Å². The highest BCUT2D eigenvalue weighted by molar-refractivity contribution is 7.26. The largest absolute Gasteiger partial charge is 0.208 e. The lowest BCUT2D eigenvalue weighted by atomic mass is 9.94. The fraction of sp³-hybridized carbons (Fsp3) is 0. The second kappa shape index (κ2) is 21.7. The van der Waals surface area contributed by atoms with Gasteiger partial charge in [-0.2, -0.15) is 0 Å². The van der Waals surface area contributed by atoms with Crippen molar-refractivity contribution in [1.82, 2.24) is 29.9 Å². The Morgan fingerprint density at radius 1 is 0.151 bits per heavy atom. The molecule has 4 heterocycles. The molecular weight excluding hydrogens is 1090 g/mol. The zero-order valence-corrected chi connectivity index (χ0v) is 47.8. The molecule has 0 amide bonds. The third-order valence-corrected chi connectivity index (χ3v) is 18.2. The number of hydrogen-bond donors (Lipinski definition) is 0. The van der Waals surface area contributed by atoms with Crippen LogP contribution in [0, 0.1) is 0 Å². The topological polar surface area (TPSA) is 77.3 Å². The molecule has 0 bridgehead atoms. The van der Waals surface area contributed by atoms with Crippen molar-refractivity contribution in [2.24, 2.45) is 0 Å². The minimum Gasteiger partial charge on any atom is -0.208 e. The third-order valence-electron chi connectivity index (χ3n) is 16.0. The Hall–Kier alpha value is -10.9. The number of aromatic nitrogens is 6. The van der Waals surface area contributed by atoms with Crippen LogP contribution in [0.25, 0.3) is 164 Å². The predicted octanol–water partition coefficient (Wildman–Crippen LogP) is 21.1. The molecule has 0 aliphatic heterocycles. The Bertz CT molecular complexity index is 5220. The SMILES string of the molecule is c1ccc(-c2cccc(-c3cccc(-c4nc(-c5ccccc5)nc(-c5ccc6c(c5)sc5cc(-c7ccc(-c8cc(-c9ccccc9)cc(-c9nc(-c%10ccccc%10)nc(-c%10ccc%11c(c%10)sc%10ccccc%10%11)n9)c8)cc7)ccc56)n4)c3)c2)cc1. The molecule has 16 rings (SSSR count). The second-order valence-electron chi connectivity index (χ2n) is 21.4. The molecule has 0 spiro atoms. The lowest BCUT2D eigenvalue weighted by molar-refractivity contribution is 1.07. The van der Waals surface area contributed by atoms with Crippen LogP contribution in [-0.2, 0) is 0 Å². The first-order valence-corrected chi connectivity index (χ1v) is 30.3. The smallest absolute Gasteiger partial charge is 0.164 e. The van der Waals surface area contributed by atoms with Crippen molar-refractivity contribution in [2.75, 3.05) is 0 Å². The molecule has 12 aromatic carbocycles. The second-order valence-corrected chi connectivity index (χ2v) is 23.6. The molecule has 0 unspecified atom stereocenters. The zero-order valence-electron chi connectivity index (χ0n) is 46.2. The first kappa shape index (κ1) is 50.8. The number of nitrogens with zero attached hydrogens (tertiary/aromatic N) is 6. The predicted molar refractivity (Wildman–Crippen MR) is 359 cm³/mol.